The number of hydrogen-bond acceptors (Lipinski definition) is 7. The maximum Gasteiger partial charge on any atom is 0.269 e. The van der Waals surface area contributed by atoms with Crippen LogP contribution >= 0.6 is 11.6 Å². The summed E-state index contributed by atoms with van der Waals surface area (Å²) in [6.07, 6.45) is 2.73. The number of nitrogens with zero attached hydrogens (tertiary/aromatic N) is 6. The quantitative estimate of drug-likeness (QED) is 0.230. The first-order valence-electron chi connectivity index (χ1n) is 11.8. The maximum atomic E-state index is 13.8. The maximum absolute atomic E-state index is 13.8. The molecule has 1 aliphatic heterocycles. The molecule has 2 amide bonds. The molecule has 0 N–H and O–H groups in total. The first kappa shape index (κ1) is 26.6. The monoisotopic (exact) mass is 532 g/mol. The third kappa shape index (κ3) is 5.90. The minimum Gasteiger partial charge on any atom is -0.354 e. The van der Waals surface area contributed by atoms with Crippen molar-refractivity contribution in [2.24, 2.45) is 0 Å². The van der Waals surface area contributed by atoms with Crippen molar-refractivity contribution in [3.8, 4) is 6.07 Å². The fraction of sp³-hybridized carbons (Fsp3) is 0.259. The number of non-ortho nitro benzene ring substituents is 1. The molecule has 1 fully saturated rings. The number of carbonyl (C=O) groups excluding carboxylic acids is 2. The third-order valence-electron chi connectivity index (χ3n) is 6.68. The predicted molar refractivity (Wildman–Crippen MR) is 143 cm³/mol. The molecule has 1 atom stereocenters. The molecule has 4 rings (SSSR count). The summed E-state index contributed by atoms with van der Waals surface area (Å²) in [6, 6.07) is 18.3. The molecule has 2 aromatic carbocycles. The molecular weight excluding hydrogens is 508 g/mol. The lowest BCUT2D eigenvalue weighted by molar-refractivity contribution is -0.384. The van der Waals surface area contributed by atoms with E-state index in [0.717, 1.165) is 5.56 Å². The zero-order valence-corrected chi connectivity index (χ0v) is 21.4. The summed E-state index contributed by atoms with van der Waals surface area (Å²) in [5.41, 5.74) is 1.04. The van der Waals surface area contributed by atoms with E-state index < -0.39 is 10.5 Å². The van der Waals surface area contributed by atoms with Crippen molar-refractivity contribution in [3.63, 3.8) is 0 Å². The third-order valence-corrected chi connectivity index (χ3v) is 6.94. The second-order valence-electron chi connectivity index (χ2n) is 9.30. The van der Waals surface area contributed by atoms with E-state index in [1.807, 2.05) is 19.1 Å². The van der Waals surface area contributed by atoms with E-state index in [1.54, 1.807) is 29.2 Å². The van der Waals surface area contributed by atoms with Crippen LogP contribution in [0.4, 0.5) is 17.2 Å². The number of halogens is 1. The Hall–Kier alpha value is -4.49. The Balaban J connectivity index is 1.58. The number of nitriles is 1. The molecule has 1 unspecified atom stereocenters. The Labute approximate surface area is 224 Å². The van der Waals surface area contributed by atoms with Crippen LogP contribution < -0.4 is 9.80 Å². The first-order valence-corrected chi connectivity index (χ1v) is 12.2. The van der Waals surface area contributed by atoms with Gasteiger partial charge in [0.25, 0.3) is 5.69 Å². The number of rotatable bonds is 9. The molecule has 0 saturated carbocycles. The van der Waals surface area contributed by atoms with Gasteiger partial charge in [0.05, 0.1) is 16.0 Å². The zero-order chi connectivity index (χ0) is 27.3. The highest BCUT2D eigenvalue weighted by molar-refractivity contribution is 6.30. The predicted octanol–water partition coefficient (Wildman–Crippen LogP) is 4.18. The minimum atomic E-state index is -0.587. The van der Waals surface area contributed by atoms with Crippen molar-refractivity contribution in [2.45, 2.75) is 25.4 Å². The lowest BCUT2D eigenvalue weighted by atomic mass is 9.97. The van der Waals surface area contributed by atoms with Crippen LogP contribution in [0, 0.1) is 21.4 Å². The number of aromatic nitrogens is 1. The molecular formula is C27H25ClN6O4. The van der Waals surface area contributed by atoms with Crippen molar-refractivity contribution in [3.05, 3.63) is 93.1 Å². The van der Waals surface area contributed by atoms with Gasteiger partial charge in [-0.2, -0.15) is 5.26 Å². The average molecular weight is 533 g/mol. The Bertz CT molecular complexity index is 1360. The van der Waals surface area contributed by atoms with Gasteiger partial charge in [-0.25, -0.2) is 4.98 Å². The molecule has 0 radical (unpaired) electrons. The van der Waals surface area contributed by atoms with Crippen LogP contribution in [-0.2, 0) is 16.1 Å². The number of hydrogen-bond donors (Lipinski definition) is 0. The first-order chi connectivity index (χ1) is 18.2. The summed E-state index contributed by atoms with van der Waals surface area (Å²) >= 11 is 6.06. The van der Waals surface area contributed by atoms with Gasteiger partial charge in [0.1, 0.15) is 18.4 Å². The summed E-state index contributed by atoms with van der Waals surface area (Å²) in [5, 5.41) is 20.6. The van der Waals surface area contributed by atoms with Gasteiger partial charge in [0.2, 0.25) is 12.3 Å². The van der Waals surface area contributed by atoms with E-state index in [0.29, 0.717) is 54.6 Å². The lowest BCUT2D eigenvalue weighted by Crippen LogP contribution is -2.53. The van der Waals surface area contributed by atoms with Crippen molar-refractivity contribution in [2.75, 3.05) is 29.4 Å². The molecule has 0 spiro atoms. The Morgan fingerprint density at radius 3 is 2.50 bits per heavy atom. The fourth-order valence-electron chi connectivity index (χ4n) is 4.54. The molecule has 3 aromatic rings. The van der Waals surface area contributed by atoms with E-state index in [1.165, 1.54) is 35.4 Å². The van der Waals surface area contributed by atoms with E-state index in [2.05, 4.69) is 16.0 Å². The number of benzene rings is 2. The van der Waals surface area contributed by atoms with Gasteiger partial charge >= 0.3 is 0 Å². The molecule has 1 saturated heterocycles. The van der Waals surface area contributed by atoms with E-state index in [9.17, 15) is 19.7 Å². The highest BCUT2D eigenvalue weighted by Crippen LogP contribution is 2.32. The SMILES string of the molecule is CC1(N(Cc2ccc(Cl)cc2)C(=O)CN(C=O)c2ccc([N+](=O)[O-])cc2)CCN(c2ccc(C#N)cn2)C1. The topological polar surface area (TPSA) is 124 Å². The standard InChI is InChI=1S/C27H25ClN6O4/c1-27(12-13-31(18-27)25-11-4-21(14-29)15-30-25)33(16-20-2-5-22(28)6-3-20)26(36)17-32(19-35)23-7-9-24(10-8-23)34(37)38/h2-11,15,19H,12-13,16-18H2,1H3. The zero-order valence-electron chi connectivity index (χ0n) is 20.7. The summed E-state index contributed by atoms with van der Waals surface area (Å²) in [7, 11) is 0. The Morgan fingerprint density at radius 1 is 1.21 bits per heavy atom. The molecule has 0 aliphatic carbocycles. The van der Waals surface area contributed by atoms with Gasteiger partial charge in [-0.1, -0.05) is 23.7 Å². The van der Waals surface area contributed by atoms with Gasteiger partial charge in [0, 0.05) is 48.7 Å². The second kappa shape index (κ2) is 11.3. The van der Waals surface area contributed by atoms with Crippen LogP contribution in [0.3, 0.4) is 0 Å². The van der Waals surface area contributed by atoms with Crippen LogP contribution in [0.2, 0.25) is 5.02 Å². The van der Waals surface area contributed by atoms with E-state index >= 15 is 0 Å². The van der Waals surface area contributed by atoms with Gasteiger partial charge in [-0.15, -0.1) is 0 Å². The number of nitro groups is 1. The van der Waals surface area contributed by atoms with Crippen molar-refractivity contribution in [1.82, 2.24) is 9.88 Å². The Kier molecular flexibility index (Phi) is 7.88. The van der Waals surface area contributed by atoms with Crippen LogP contribution in [0.25, 0.3) is 0 Å². The molecule has 10 nitrogen and oxygen atoms in total. The summed E-state index contributed by atoms with van der Waals surface area (Å²) in [5.74, 6) is 0.439. The fourth-order valence-corrected chi connectivity index (χ4v) is 4.67. The van der Waals surface area contributed by atoms with Gasteiger partial charge in [0.15, 0.2) is 0 Å². The number of carbonyl (C=O) groups is 2. The minimum absolute atomic E-state index is 0.106. The van der Waals surface area contributed by atoms with Crippen molar-refractivity contribution >= 4 is 41.1 Å². The van der Waals surface area contributed by atoms with E-state index in [-0.39, 0.29) is 18.1 Å². The Morgan fingerprint density at radius 2 is 1.92 bits per heavy atom. The smallest absolute Gasteiger partial charge is 0.269 e. The van der Waals surface area contributed by atoms with Crippen LogP contribution in [0.15, 0.2) is 66.9 Å². The van der Waals surface area contributed by atoms with Gasteiger partial charge < -0.3 is 14.7 Å². The molecule has 11 heteroatoms. The normalized spacial score (nSPS) is 16.5. The van der Waals surface area contributed by atoms with Crippen LogP contribution in [0.1, 0.15) is 24.5 Å². The van der Waals surface area contributed by atoms with Crippen molar-refractivity contribution < 1.29 is 14.5 Å². The molecule has 1 aliphatic rings. The van der Waals surface area contributed by atoms with Crippen LogP contribution in [0.5, 0.6) is 0 Å². The van der Waals surface area contributed by atoms with Gasteiger partial charge in [-0.3, -0.25) is 19.7 Å². The molecule has 38 heavy (non-hydrogen) atoms. The molecule has 1 aromatic heterocycles. The molecule has 0 bridgehead atoms. The molecule has 194 valence electrons. The van der Waals surface area contributed by atoms with Crippen LogP contribution in [-0.4, -0.2) is 52.3 Å². The highest BCUT2D eigenvalue weighted by atomic mass is 35.5. The van der Waals surface area contributed by atoms with Crippen molar-refractivity contribution in [1.29, 1.82) is 5.26 Å². The second-order valence-corrected chi connectivity index (χ2v) is 9.73. The summed E-state index contributed by atoms with van der Waals surface area (Å²) in [4.78, 5) is 45.6. The summed E-state index contributed by atoms with van der Waals surface area (Å²) in [6.45, 7) is 3.22. The molecule has 2 heterocycles. The largest absolute Gasteiger partial charge is 0.354 e. The number of pyridine rings is 1. The number of anilines is 2. The number of nitro benzene ring substituents is 1. The van der Waals surface area contributed by atoms with Gasteiger partial charge in [-0.05, 0) is 55.3 Å². The average Bonchev–Trinajstić information content (AvgIpc) is 3.34. The number of amides is 2. The highest BCUT2D eigenvalue weighted by Gasteiger charge is 2.42. The lowest BCUT2D eigenvalue weighted by Gasteiger charge is -2.39. The van der Waals surface area contributed by atoms with E-state index in [4.69, 9.17) is 16.9 Å². The summed E-state index contributed by atoms with van der Waals surface area (Å²) < 4.78 is 0.